The molecule has 0 aliphatic rings. The maximum absolute atomic E-state index is 11.3. The van der Waals surface area contributed by atoms with Crippen LogP contribution < -0.4 is 11.1 Å². The highest BCUT2D eigenvalue weighted by Crippen LogP contribution is 2.04. The van der Waals surface area contributed by atoms with Crippen molar-refractivity contribution >= 4 is 5.91 Å². The molecule has 2 atom stereocenters. The summed E-state index contributed by atoms with van der Waals surface area (Å²) in [6, 6.07) is 0.0711. The molecule has 1 amide bonds. The van der Waals surface area contributed by atoms with Gasteiger partial charge in [-0.2, -0.15) is 0 Å². The maximum Gasteiger partial charge on any atom is 0.234 e. The molecule has 0 aliphatic heterocycles. The molecule has 0 aromatic rings. The van der Waals surface area contributed by atoms with Crippen molar-refractivity contribution in [3.8, 4) is 0 Å². The molecule has 0 saturated carbocycles. The van der Waals surface area contributed by atoms with E-state index in [0.717, 1.165) is 19.5 Å². The fourth-order valence-electron chi connectivity index (χ4n) is 1.81. The topological polar surface area (TPSA) is 58.4 Å². The Morgan fingerprint density at radius 2 is 1.94 bits per heavy atom. The van der Waals surface area contributed by atoms with Crippen molar-refractivity contribution in [3.05, 3.63) is 0 Å². The Balaban J connectivity index is 3.99. The number of rotatable bonds is 9. The van der Waals surface area contributed by atoms with Crippen molar-refractivity contribution in [2.24, 2.45) is 11.7 Å². The van der Waals surface area contributed by atoms with Crippen LogP contribution in [-0.4, -0.2) is 43.0 Å². The van der Waals surface area contributed by atoms with Gasteiger partial charge in [-0.15, -0.1) is 0 Å². The highest BCUT2D eigenvalue weighted by atomic mass is 16.1. The van der Waals surface area contributed by atoms with Crippen molar-refractivity contribution in [1.82, 2.24) is 10.2 Å². The van der Waals surface area contributed by atoms with Crippen LogP contribution in [0, 0.1) is 5.92 Å². The number of hydrogen-bond donors (Lipinski definition) is 2. The van der Waals surface area contributed by atoms with Crippen molar-refractivity contribution in [2.45, 2.75) is 52.6 Å². The second kappa shape index (κ2) is 8.48. The number of hydrogen-bond acceptors (Lipinski definition) is 3. The van der Waals surface area contributed by atoms with Crippen LogP contribution in [0.3, 0.4) is 0 Å². The third-order valence-electron chi connectivity index (χ3n) is 3.00. The zero-order valence-corrected chi connectivity index (χ0v) is 12.0. The number of carbonyl (C=O) groups excluding carboxylic acids is 1. The molecule has 0 aromatic carbocycles. The highest BCUT2D eigenvalue weighted by Gasteiger charge is 2.16. The zero-order valence-electron chi connectivity index (χ0n) is 12.0. The van der Waals surface area contributed by atoms with Crippen LogP contribution in [0.2, 0.25) is 0 Å². The van der Waals surface area contributed by atoms with E-state index in [1.54, 1.807) is 0 Å². The Morgan fingerprint density at radius 1 is 1.35 bits per heavy atom. The molecule has 3 N–H and O–H groups in total. The van der Waals surface area contributed by atoms with Gasteiger partial charge in [-0.05, 0) is 25.9 Å². The predicted molar refractivity (Wildman–Crippen MR) is 72.8 cm³/mol. The van der Waals surface area contributed by atoms with E-state index in [4.69, 9.17) is 5.73 Å². The van der Waals surface area contributed by atoms with Gasteiger partial charge in [0, 0.05) is 12.6 Å². The number of nitrogens with two attached hydrogens (primary N) is 1. The normalized spacial score (nSPS) is 15.2. The fourth-order valence-corrected chi connectivity index (χ4v) is 1.81. The zero-order chi connectivity index (χ0) is 13.4. The average Bonchev–Trinajstić information content (AvgIpc) is 2.23. The van der Waals surface area contributed by atoms with Gasteiger partial charge in [-0.3, -0.25) is 4.79 Å². The van der Waals surface area contributed by atoms with Gasteiger partial charge in [0.15, 0.2) is 0 Å². The number of nitrogens with one attached hydrogen (secondary N) is 1. The van der Waals surface area contributed by atoms with Crippen LogP contribution in [0.4, 0.5) is 0 Å². The maximum atomic E-state index is 11.3. The fraction of sp³-hybridized carbons (Fsp3) is 0.923. The molecule has 2 unspecified atom stereocenters. The molecule has 102 valence electrons. The first-order valence-electron chi connectivity index (χ1n) is 6.60. The van der Waals surface area contributed by atoms with Crippen LogP contribution in [0.25, 0.3) is 0 Å². The first-order chi connectivity index (χ1) is 7.86. The van der Waals surface area contributed by atoms with E-state index in [0.29, 0.717) is 5.92 Å². The standard InChI is InChI=1S/C13H29N3O/c1-6-11(4)9-16(5)8-7-12(13(14)17)15-10(2)3/h10-12,15H,6-9H2,1-5H3,(H2,14,17). The van der Waals surface area contributed by atoms with Crippen molar-refractivity contribution in [3.63, 3.8) is 0 Å². The lowest BCUT2D eigenvalue weighted by Gasteiger charge is -2.24. The van der Waals surface area contributed by atoms with E-state index >= 15 is 0 Å². The molecule has 0 fully saturated rings. The summed E-state index contributed by atoms with van der Waals surface area (Å²) in [5, 5.41) is 3.20. The van der Waals surface area contributed by atoms with Crippen LogP contribution in [0.5, 0.6) is 0 Å². The minimum absolute atomic E-state index is 0.214. The number of primary amides is 1. The Hall–Kier alpha value is -0.610. The van der Waals surface area contributed by atoms with E-state index in [1.807, 2.05) is 13.8 Å². The molecule has 17 heavy (non-hydrogen) atoms. The highest BCUT2D eigenvalue weighted by molar-refractivity contribution is 5.79. The largest absolute Gasteiger partial charge is 0.368 e. The molecule has 4 heteroatoms. The molecule has 4 nitrogen and oxygen atoms in total. The average molecular weight is 243 g/mol. The van der Waals surface area contributed by atoms with Gasteiger partial charge in [0.1, 0.15) is 0 Å². The summed E-state index contributed by atoms with van der Waals surface area (Å²) >= 11 is 0. The summed E-state index contributed by atoms with van der Waals surface area (Å²) in [7, 11) is 2.10. The van der Waals surface area contributed by atoms with Gasteiger partial charge < -0.3 is 16.0 Å². The summed E-state index contributed by atoms with van der Waals surface area (Å²) in [6.45, 7) is 10.5. The minimum atomic E-state index is -0.254. The molecular formula is C13H29N3O. The molecule has 0 bridgehead atoms. The quantitative estimate of drug-likeness (QED) is 0.640. The second-order valence-corrected chi connectivity index (χ2v) is 5.34. The lowest BCUT2D eigenvalue weighted by Crippen LogP contribution is -2.46. The van der Waals surface area contributed by atoms with E-state index in [9.17, 15) is 4.79 Å². The summed E-state index contributed by atoms with van der Waals surface area (Å²) in [5.74, 6) is 0.445. The predicted octanol–water partition coefficient (Wildman–Crippen LogP) is 1.21. The number of carbonyl (C=O) groups is 1. The molecule has 0 heterocycles. The molecule has 0 aliphatic carbocycles. The molecule has 0 aromatic heterocycles. The third-order valence-corrected chi connectivity index (χ3v) is 3.00. The molecule has 0 saturated heterocycles. The Labute approximate surface area is 106 Å². The van der Waals surface area contributed by atoms with Crippen molar-refractivity contribution in [1.29, 1.82) is 0 Å². The molecular weight excluding hydrogens is 214 g/mol. The Bertz CT molecular complexity index is 219. The van der Waals surface area contributed by atoms with Crippen LogP contribution in [0.1, 0.15) is 40.5 Å². The number of amides is 1. The van der Waals surface area contributed by atoms with Gasteiger partial charge in [-0.1, -0.05) is 34.1 Å². The van der Waals surface area contributed by atoms with E-state index in [-0.39, 0.29) is 18.0 Å². The second-order valence-electron chi connectivity index (χ2n) is 5.34. The van der Waals surface area contributed by atoms with Gasteiger partial charge in [-0.25, -0.2) is 0 Å². The Kier molecular flexibility index (Phi) is 8.17. The van der Waals surface area contributed by atoms with Crippen LogP contribution in [-0.2, 0) is 4.79 Å². The third kappa shape index (κ3) is 8.16. The summed E-state index contributed by atoms with van der Waals surface area (Å²) < 4.78 is 0. The minimum Gasteiger partial charge on any atom is -0.368 e. The van der Waals surface area contributed by atoms with E-state index in [2.05, 4.69) is 31.1 Å². The molecule has 0 radical (unpaired) electrons. The van der Waals surface area contributed by atoms with Crippen molar-refractivity contribution < 1.29 is 4.79 Å². The van der Waals surface area contributed by atoms with E-state index in [1.165, 1.54) is 6.42 Å². The summed E-state index contributed by atoms with van der Waals surface area (Å²) in [4.78, 5) is 13.5. The van der Waals surface area contributed by atoms with Crippen molar-refractivity contribution in [2.75, 3.05) is 20.1 Å². The van der Waals surface area contributed by atoms with Gasteiger partial charge >= 0.3 is 0 Å². The first kappa shape index (κ1) is 16.4. The van der Waals surface area contributed by atoms with E-state index < -0.39 is 0 Å². The van der Waals surface area contributed by atoms with Gasteiger partial charge in [0.25, 0.3) is 0 Å². The summed E-state index contributed by atoms with van der Waals surface area (Å²) in [6.07, 6.45) is 1.97. The Morgan fingerprint density at radius 3 is 2.35 bits per heavy atom. The van der Waals surface area contributed by atoms with Crippen LogP contribution >= 0.6 is 0 Å². The lowest BCUT2D eigenvalue weighted by atomic mass is 10.1. The monoisotopic (exact) mass is 243 g/mol. The van der Waals surface area contributed by atoms with Gasteiger partial charge in [0.2, 0.25) is 5.91 Å². The van der Waals surface area contributed by atoms with Gasteiger partial charge in [0.05, 0.1) is 6.04 Å². The van der Waals surface area contributed by atoms with Crippen LogP contribution in [0.15, 0.2) is 0 Å². The molecule has 0 spiro atoms. The smallest absolute Gasteiger partial charge is 0.234 e. The first-order valence-corrected chi connectivity index (χ1v) is 6.60. The lowest BCUT2D eigenvalue weighted by molar-refractivity contribution is -0.120. The SMILES string of the molecule is CCC(C)CN(C)CCC(NC(C)C)C(N)=O. The molecule has 0 rings (SSSR count). The summed E-state index contributed by atoms with van der Waals surface area (Å²) in [5.41, 5.74) is 5.38. The number of nitrogens with zero attached hydrogens (tertiary/aromatic N) is 1.